The summed E-state index contributed by atoms with van der Waals surface area (Å²) in [5.41, 5.74) is 2.14. The van der Waals surface area contributed by atoms with Crippen LogP contribution in [0.2, 0.25) is 0 Å². The fraction of sp³-hybridized carbons (Fsp3) is 0.524. The first-order valence-electron chi connectivity index (χ1n) is 10.0. The van der Waals surface area contributed by atoms with Gasteiger partial charge in [0.2, 0.25) is 16.9 Å². The molecular weight excluding hydrogens is 372 g/mol. The van der Waals surface area contributed by atoms with Crippen LogP contribution >= 0.6 is 11.3 Å². The summed E-state index contributed by atoms with van der Waals surface area (Å²) in [4.78, 5) is 24.3. The number of carbonyl (C=O) groups is 2. The number of benzene rings is 1. The van der Waals surface area contributed by atoms with Crippen LogP contribution in [0.15, 0.2) is 24.3 Å². The van der Waals surface area contributed by atoms with Crippen molar-refractivity contribution < 1.29 is 9.59 Å². The maximum atomic E-state index is 12.3. The molecule has 7 heteroatoms. The molecule has 2 rings (SSSR count). The lowest BCUT2D eigenvalue weighted by molar-refractivity contribution is -0.126. The number of rotatable bonds is 11. The Balaban J connectivity index is 1.74. The van der Waals surface area contributed by atoms with Crippen LogP contribution in [0.3, 0.4) is 0 Å². The second-order valence-corrected chi connectivity index (χ2v) is 8.05. The monoisotopic (exact) mass is 402 g/mol. The van der Waals surface area contributed by atoms with Gasteiger partial charge in [0, 0.05) is 12.0 Å². The maximum Gasteiger partial charge on any atom is 0.248 e. The average Bonchev–Trinajstić information content (AvgIpc) is 3.13. The molecule has 0 unspecified atom stereocenters. The summed E-state index contributed by atoms with van der Waals surface area (Å²) in [6.07, 6.45) is 7.23. The molecule has 0 spiro atoms. The highest BCUT2D eigenvalue weighted by Gasteiger charge is 2.17. The Bertz CT molecular complexity index is 758. The zero-order valence-electron chi connectivity index (χ0n) is 17.0. The molecule has 1 aromatic carbocycles. The van der Waals surface area contributed by atoms with Crippen LogP contribution in [-0.2, 0) is 9.59 Å². The van der Waals surface area contributed by atoms with Gasteiger partial charge < -0.3 is 5.32 Å². The van der Waals surface area contributed by atoms with Gasteiger partial charge >= 0.3 is 0 Å². The second kappa shape index (κ2) is 11.5. The number of hydrogen-bond acceptors (Lipinski definition) is 5. The van der Waals surface area contributed by atoms with E-state index in [4.69, 9.17) is 0 Å². The number of amides is 2. The van der Waals surface area contributed by atoms with E-state index in [-0.39, 0.29) is 11.8 Å². The number of anilines is 1. The first-order valence-corrected chi connectivity index (χ1v) is 10.8. The number of aromatic nitrogens is 2. The molecule has 2 aromatic rings. The SMILES string of the molecule is CCCCCCCCC(=O)N[C@H](C)C(=O)Nc1nnc(-c2ccc(C)cc2)s1. The van der Waals surface area contributed by atoms with Crippen LogP contribution < -0.4 is 10.6 Å². The molecule has 1 heterocycles. The van der Waals surface area contributed by atoms with Crippen LogP contribution in [0.5, 0.6) is 0 Å². The third kappa shape index (κ3) is 7.38. The Morgan fingerprint density at radius 1 is 1.04 bits per heavy atom. The van der Waals surface area contributed by atoms with Gasteiger partial charge in [-0.2, -0.15) is 0 Å². The van der Waals surface area contributed by atoms with E-state index in [0.29, 0.717) is 11.6 Å². The van der Waals surface area contributed by atoms with Gasteiger partial charge in [-0.05, 0) is 20.3 Å². The van der Waals surface area contributed by atoms with E-state index in [0.717, 1.165) is 29.8 Å². The molecule has 1 aromatic heterocycles. The molecular formula is C21H30N4O2S. The van der Waals surface area contributed by atoms with Crippen LogP contribution in [0.4, 0.5) is 5.13 Å². The van der Waals surface area contributed by atoms with Crippen molar-refractivity contribution in [3.8, 4) is 10.6 Å². The van der Waals surface area contributed by atoms with E-state index in [9.17, 15) is 9.59 Å². The zero-order chi connectivity index (χ0) is 20.4. The minimum atomic E-state index is -0.612. The van der Waals surface area contributed by atoms with Gasteiger partial charge in [-0.3, -0.25) is 14.9 Å². The first kappa shape index (κ1) is 22.0. The van der Waals surface area contributed by atoms with E-state index in [1.807, 2.05) is 31.2 Å². The molecule has 0 aliphatic carbocycles. The minimum absolute atomic E-state index is 0.0873. The van der Waals surface area contributed by atoms with Gasteiger partial charge in [-0.25, -0.2) is 0 Å². The van der Waals surface area contributed by atoms with Gasteiger partial charge in [-0.15, -0.1) is 10.2 Å². The molecule has 2 N–H and O–H groups in total. The molecule has 0 saturated carbocycles. The van der Waals surface area contributed by atoms with Crippen LogP contribution in [0.1, 0.15) is 64.4 Å². The number of nitrogens with one attached hydrogen (secondary N) is 2. The van der Waals surface area contributed by atoms with Crippen molar-refractivity contribution in [3.05, 3.63) is 29.8 Å². The Kier molecular flexibility index (Phi) is 9.07. The molecule has 6 nitrogen and oxygen atoms in total. The van der Waals surface area contributed by atoms with Crippen molar-refractivity contribution in [2.75, 3.05) is 5.32 Å². The molecule has 28 heavy (non-hydrogen) atoms. The summed E-state index contributed by atoms with van der Waals surface area (Å²) in [5.74, 6) is -0.376. The van der Waals surface area contributed by atoms with Crippen molar-refractivity contribution in [1.29, 1.82) is 0 Å². The molecule has 0 fully saturated rings. The summed E-state index contributed by atoms with van der Waals surface area (Å²) in [6.45, 7) is 5.89. The van der Waals surface area contributed by atoms with Gasteiger partial charge in [-0.1, -0.05) is 80.2 Å². The smallest absolute Gasteiger partial charge is 0.248 e. The molecule has 0 bridgehead atoms. The fourth-order valence-electron chi connectivity index (χ4n) is 2.75. The highest BCUT2D eigenvalue weighted by Crippen LogP contribution is 2.26. The zero-order valence-corrected chi connectivity index (χ0v) is 17.8. The number of aryl methyl sites for hydroxylation is 1. The van der Waals surface area contributed by atoms with Gasteiger partial charge in [0.15, 0.2) is 0 Å². The van der Waals surface area contributed by atoms with E-state index >= 15 is 0 Å². The highest BCUT2D eigenvalue weighted by atomic mass is 32.1. The molecule has 0 aliphatic rings. The molecule has 1 atom stereocenters. The summed E-state index contributed by atoms with van der Waals surface area (Å²) in [5, 5.41) is 14.8. The standard InChI is InChI=1S/C21H30N4O2S/c1-4-5-6-7-8-9-10-18(26)22-16(3)19(27)23-21-25-24-20(28-21)17-13-11-15(2)12-14-17/h11-14,16H,4-10H2,1-3H3,(H,22,26)(H,23,25,27)/t16-/m1/s1. The van der Waals surface area contributed by atoms with Crippen LogP contribution in [-0.4, -0.2) is 28.1 Å². The topological polar surface area (TPSA) is 84.0 Å². The van der Waals surface area contributed by atoms with Gasteiger partial charge in [0.05, 0.1) is 0 Å². The van der Waals surface area contributed by atoms with E-state index < -0.39 is 6.04 Å². The third-order valence-corrected chi connectivity index (χ3v) is 5.37. The molecule has 0 aliphatic heterocycles. The Hall–Kier alpha value is -2.28. The molecule has 152 valence electrons. The summed E-state index contributed by atoms with van der Waals surface area (Å²) in [6, 6.07) is 7.37. The quantitative estimate of drug-likeness (QED) is 0.533. The highest BCUT2D eigenvalue weighted by molar-refractivity contribution is 7.18. The molecule has 2 amide bonds. The summed E-state index contributed by atoms with van der Waals surface area (Å²) >= 11 is 1.31. The van der Waals surface area contributed by atoms with Crippen LogP contribution in [0, 0.1) is 6.92 Å². The van der Waals surface area contributed by atoms with E-state index in [1.54, 1.807) is 6.92 Å². The number of carbonyl (C=O) groups excluding carboxylic acids is 2. The number of nitrogens with zero attached hydrogens (tertiary/aromatic N) is 2. The van der Waals surface area contributed by atoms with E-state index in [2.05, 4.69) is 27.8 Å². The molecule has 0 saturated heterocycles. The predicted octanol–water partition coefficient (Wildman–Crippen LogP) is 4.71. The third-order valence-electron chi connectivity index (χ3n) is 4.48. The predicted molar refractivity (Wildman–Crippen MR) is 114 cm³/mol. The lowest BCUT2D eigenvalue weighted by atomic mass is 10.1. The second-order valence-electron chi connectivity index (χ2n) is 7.07. The maximum absolute atomic E-state index is 12.3. The number of hydrogen-bond donors (Lipinski definition) is 2. The average molecular weight is 403 g/mol. The Labute approximate surface area is 171 Å². The lowest BCUT2D eigenvalue weighted by Crippen LogP contribution is -2.41. The Morgan fingerprint density at radius 3 is 2.43 bits per heavy atom. The van der Waals surface area contributed by atoms with Crippen molar-refractivity contribution in [1.82, 2.24) is 15.5 Å². The Morgan fingerprint density at radius 2 is 1.71 bits per heavy atom. The summed E-state index contributed by atoms with van der Waals surface area (Å²) < 4.78 is 0. The van der Waals surface area contributed by atoms with Crippen molar-refractivity contribution >= 4 is 28.3 Å². The van der Waals surface area contributed by atoms with E-state index in [1.165, 1.54) is 36.2 Å². The number of unbranched alkanes of at least 4 members (excludes halogenated alkanes) is 5. The first-order chi connectivity index (χ1) is 13.5. The van der Waals surface area contributed by atoms with Crippen molar-refractivity contribution in [2.24, 2.45) is 0 Å². The summed E-state index contributed by atoms with van der Waals surface area (Å²) in [7, 11) is 0. The molecule has 0 radical (unpaired) electrons. The fourth-order valence-corrected chi connectivity index (χ4v) is 3.50. The lowest BCUT2D eigenvalue weighted by Gasteiger charge is -2.12. The normalized spacial score (nSPS) is 11.8. The van der Waals surface area contributed by atoms with Crippen molar-refractivity contribution in [2.45, 2.75) is 71.8 Å². The largest absolute Gasteiger partial charge is 0.345 e. The van der Waals surface area contributed by atoms with Gasteiger partial charge in [0.1, 0.15) is 11.0 Å². The van der Waals surface area contributed by atoms with Crippen molar-refractivity contribution in [3.63, 3.8) is 0 Å². The minimum Gasteiger partial charge on any atom is -0.345 e. The van der Waals surface area contributed by atoms with Gasteiger partial charge in [0.25, 0.3) is 0 Å². The van der Waals surface area contributed by atoms with Crippen LogP contribution in [0.25, 0.3) is 10.6 Å².